The molecule has 0 saturated heterocycles. The number of sulfone groups is 1. The predicted octanol–water partition coefficient (Wildman–Crippen LogP) is 3.73. The van der Waals surface area contributed by atoms with Crippen LogP contribution in [0.4, 0.5) is 5.88 Å². The molecule has 0 unspecified atom stereocenters. The third kappa shape index (κ3) is 3.62. The molecular formula is C19H18N2O4S. The number of methoxy groups -OCH3 is 1. The maximum Gasteiger partial charge on any atom is 0.233 e. The summed E-state index contributed by atoms with van der Waals surface area (Å²) in [6.07, 6.45) is 3.38. The van der Waals surface area contributed by atoms with E-state index >= 15 is 0 Å². The Bertz CT molecular complexity index is 1020. The Morgan fingerprint density at radius 3 is 2.54 bits per heavy atom. The number of ether oxygens (including phenoxy) is 1. The first kappa shape index (κ1) is 17.8. The Balaban J connectivity index is 1.95. The summed E-state index contributed by atoms with van der Waals surface area (Å²) in [6, 6.07) is 15.6. The highest BCUT2D eigenvalue weighted by molar-refractivity contribution is 7.91. The zero-order valence-electron chi connectivity index (χ0n) is 14.3. The summed E-state index contributed by atoms with van der Waals surface area (Å²) in [5, 5.41) is 2.60. The lowest BCUT2D eigenvalue weighted by Crippen LogP contribution is -2.05. The average Bonchev–Trinajstić information content (AvgIpc) is 3.11. The third-order valence-corrected chi connectivity index (χ3v) is 5.34. The van der Waals surface area contributed by atoms with Gasteiger partial charge in [-0.05, 0) is 35.9 Å². The minimum atomic E-state index is -3.78. The maximum absolute atomic E-state index is 12.8. The Morgan fingerprint density at radius 1 is 1.08 bits per heavy atom. The van der Waals surface area contributed by atoms with Crippen molar-refractivity contribution >= 4 is 27.9 Å². The van der Waals surface area contributed by atoms with Crippen LogP contribution in [-0.2, 0) is 9.84 Å². The lowest BCUT2D eigenvalue weighted by Gasteiger charge is -2.02. The van der Waals surface area contributed by atoms with Gasteiger partial charge in [-0.1, -0.05) is 30.3 Å². The van der Waals surface area contributed by atoms with Gasteiger partial charge < -0.3 is 14.5 Å². The second kappa shape index (κ2) is 7.45. The van der Waals surface area contributed by atoms with Crippen LogP contribution >= 0.6 is 0 Å². The molecule has 0 atom stereocenters. The van der Waals surface area contributed by atoms with Crippen molar-refractivity contribution in [3.63, 3.8) is 0 Å². The molecule has 2 aromatic carbocycles. The van der Waals surface area contributed by atoms with E-state index in [9.17, 15) is 8.42 Å². The molecule has 0 saturated carbocycles. The molecule has 26 heavy (non-hydrogen) atoms. The highest BCUT2D eigenvalue weighted by Gasteiger charge is 2.26. The zero-order valence-corrected chi connectivity index (χ0v) is 15.2. The SMILES string of the molecule is CNc1oc(/C=C/c2cccc(OC)c2)nc1S(=O)(=O)c1ccccc1. The minimum Gasteiger partial charge on any atom is -0.497 e. The van der Waals surface area contributed by atoms with E-state index in [4.69, 9.17) is 9.15 Å². The van der Waals surface area contributed by atoms with E-state index in [2.05, 4.69) is 10.3 Å². The van der Waals surface area contributed by atoms with E-state index in [-0.39, 0.29) is 21.7 Å². The van der Waals surface area contributed by atoms with Gasteiger partial charge in [0.2, 0.25) is 26.6 Å². The molecule has 0 aliphatic heterocycles. The fraction of sp³-hybridized carbons (Fsp3) is 0.105. The summed E-state index contributed by atoms with van der Waals surface area (Å²) in [7, 11) is -0.598. The van der Waals surface area contributed by atoms with Crippen molar-refractivity contribution < 1.29 is 17.6 Å². The fourth-order valence-electron chi connectivity index (χ4n) is 2.36. The first-order valence-corrected chi connectivity index (χ1v) is 9.34. The molecule has 0 aliphatic rings. The highest BCUT2D eigenvalue weighted by Crippen LogP contribution is 2.28. The van der Waals surface area contributed by atoms with E-state index in [0.29, 0.717) is 0 Å². The minimum absolute atomic E-state index is 0.0964. The molecule has 0 radical (unpaired) electrons. The number of rotatable bonds is 6. The predicted molar refractivity (Wildman–Crippen MR) is 99.9 cm³/mol. The molecule has 134 valence electrons. The molecule has 3 aromatic rings. The second-order valence-electron chi connectivity index (χ2n) is 5.36. The van der Waals surface area contributed by atoms with Crippen molar-refractivity contribution in [1.82, 2.24) is 4.98 Å². The van der Waals surface area contributed by atoms with Crippen molar-refractivity contribution in [2.24, 2.45) is 0 Å². The first-order chi connectivity index (χ1) is 12.5. The molecular weight excluding hydrogens is 352 g/mol. The van der Waals surface area contributed by atoms with Crippen LogP contribution in [0.25, 0.3) is 12.2 Å². The molecule has 7 heteroatoms. The molecule has 0 aliphatic carbocycles. The van der Waals surface area contributed by atoms with Crippen LogP contribution < -0.4 is 10.1 Å². The van der Waals surface area contributed by atoms with Gasteiger partial charge in [0.05, 0.1) is 12.0 Å². The van der Waals surface area contributed by atoms with Crippen LogP contribution in [0, 0.1) is 0 Å². The molecule has 0 fully saturated rings. The number of oxazole rings is 1. The van der Waals surface area contributed by atoms with Gasteiger partial charge in [-0.25, -0.2) is 8.42 Å². The van der Waals surface area contributed by atoms with Crippen LogP contribution in [0.5, 0.6) is 5.75 Å². The Labute approximate surface area is 152 Å². The number of anilines is 1. The van der Waals surface area contributed by atoms with E-state index in [1.807, 2.05) is 24.3 Å². The summed E-state index contributed by atoms with van der Waals surface area (Å²) in [5.41, 5.74) is 0.876. The van der Waals surface area contributed by atoms with Gasteiger partial charge in [0.25, 0.3) is 0 Å². The van der Waals surface area contributed by atoms with Gasteiger partial charge in [-0.3, -0.25) is 0 Å². The molecule has 0 amide bonds. The number of benzene rings is 2. The molecule has 0 spiro atoms. The molecule has 1 aromatic heterocycles. The fourth-order valence-corrected chi connectivity index (χ4v) is 3.69. The third-order valence-electron chi connectivity index (χ3n) is 3.66. The first-order valence-electron chi connectivity index (χ1n) is 7.85. The number of nitrogens with zero attached hydrogens (tertiary/aromatic N) is 1. The highest BCUT2D eigenvalue weighted by atomic mass is 32.2. The number of nitrogens with one attached hydrogen (secondary N) is 1. The largest absolute Gasteiger partial charge is 0.497 e. The van der Waals surface area contributed by atoms with Crippen LogP contribution in [0.1, 0.15) is 11.5 Å². The maximum atomic E-state index is 12.8. The number of hydrogen-bond acceptors (Lipinski definition) is 6. The van der Waals surface area contributed by atoms with Gasteiger partial charge in [0, 0.05) is 13.1 Å². The van der Waals surface area contributed by atoms with Gasteiger partial charge >= 0.3 is 0 Å². The van der Waals surface area contributed by atoms with Crippen LogP contribution in [0.2, 0.25) is 0 Å². The molecule has 1 heterocycles. The van der Waals surface area contributed by atoms with E-state index < -0.39 is 9.84 Å². The van der Waals surface area contributed by atoms with Gasteiger partial charge in [0.1, 0.15) is 5.75 Å². The van der Waals surface area contributed by atoms with Crippen LogP contribution in [0.3, 0.4) is 0 Å². The number of hydrogen-bond donors (Lipinski definition) is 1. The Hall–Kier alpha value is -3.06. The van der Waals surface area contributed by atoms with Gasteiger partial charge in [-0.15, -0.1) is 0 Å². The molecule has 6 nitrogen and oxygen atoms in total. The summed E-state index contributed by atoms with van der Waals surface area (Å²) >= 11 is 0. The standard InChI is InChI=1S/C19H18N2O4S/c1-20-18-19(26(22,23)16-9-4-3-5-10-16)21-17(25-18)12-11-14-7-6-8-15(13-14)24-2/h3-13,20H,1-2H3/b12-11+. The molecule has 1 N–H and O–H groups in total. The summed E-state index contributed by atoms with van der Waals surface area (Å²) in [5.74, 6) is 1.01. The van der Waals surface area contributed by atoms with Gasteiger partial charge in [-0.2, -0.15) is 4.98 Å². The average molecular weight is 370 g/mol. The monoisotopic (exact) mass is 370 g/mol. The normalized spacial score (nSPS) is 11.6. The smallest absolute Gasteiger partial charge is 0.233 e. The van der Waals surface area contributed by atoms with E-state index in [1.165, 1.54) is 12.1 Å². The number of aromatic nitrogens is 1. The quantitative estimate of drug-likeness (QED) is 0.712. The topological polar surface area (TPSA) is 81.4 Å². The Kier molecular flexibility index (Phi) is 5.09. The Morgan fingerprint density at radius 2 is 1.85 bits per heavy atom. The van der Waals surface area contributed by atoms with Crippen LogP contribution in [0.15, 0.2) is 68.9 Å². The van der Waals surface area contributed by atoms with E-state index in [0.717, 1.165) is 11.3 Å². The summed E-state index contributed by atoms with van der Waals surface area (Å²) < 4.78 is 36.3. The van der Waals surface area contributed by atoms with Crippen molar-refractivity contribution in [3.05, 3.63) is 66.1 Å². The van der Waals surface area contributed by atoms with Crippen molar-refractivity contribution in [2.45, 2.75) is 9.92 Å². The molecule has 3 rings (SSSR count). The second-order valence-corrected chi connectivity index (χ2v) is 7.23. The van der Waals surface area contributed by atoms with E-state index in [1.54, 1.807) is 44.5 Å². The molecule has 0 bridgehead atoms. The zero-order chi connectivity index (χ0) is 18.6. The summed E-state index contributed by atoms with van der Waals surface area (Å²) in [4.78, 5) is 4.31. The van der Waals surface area contributed by atoms with Crippen molar-refractivity contribution in [1.29, 1.82) is 0 Å². The van der Waals surface area contributed by atoms with Crippen molar-refractivity contribution in [3.8, 4) is 5.75 Å². The van der Waals surface area contributed by atoms with Gasteiger partial charge in [0.15, 0.2) is 0 Å². The lowest BCUT2D eigenvalue weighted by molar-refractivity contribution is 0.414. The van der Waals surface area contributed by atoms with Crippen molar-refractivity contribution in [2.75, 3.05) is 19.5 Å². The lowest BCUT2D eigenvalue weighted by atomic mass is 10.2. The summed E-state index contributed by atoms with van der Waals surface area (Å²) in [6.45, 7) is 0. The van der Waals surface area contributed by atoms with Crippen LogP contribution in [-0.4, -0.2) is 27.6 Å².